The molecular formula is C14H25N3O3. The zero-order chi connectivity index (χ0) is 14.5. The highest BCUT2D eigenvalue weighted by atomic mass is 16.5. The van der Waals surface area contributed by atoms with Crippen LogP contribution in [0.15, 0.2) is 0 Å². The van der Waals surface area contributed by atoms with Crippen LogP contribution in [0, 0.1) is 5.92 Å². The number of rotatable bonds is 6. The lowest BCUT2D eigenvalue weighted by Gasteiger charge is -2.35. The summed E-state index contributed by atoms with van der Waals surface area (Å²) in [6.07, 6.45) is 2.08. The van der Waals surface area contributed by atoms with Gasteiger partial charge in [0.1, 0.15) is 0 Å². The Morgan fingerprint density at radius 2 is 2.15 bits per heavy atom. The number of piperazine rings is 1. The van der Waals surface area contributed by atoms with E-state index in [0.29, 0.717) is 12.5 Å². The highest BCUT2D eigenvalue weighted by Gasteiger charge is 2.32. The van der Waals surface area contributed by atoms with E-state index >= 15 is 0 Å². The summed E-state index contributed by atoms with van der Waals surface area (Å²) in [5.74, 6) is 0.486. The second-order valence-corrected chi connectivity index (χ2v) is 5.71. The Morgan fingerprint density at radius 3 is 2.80 bits per heavy atom. The highest BCUT2D eigenvalue weighted by Crippen LogP contribution is 2.18. The standard InChI is InChI=1S/C14H25N3O3/c1-3-5-15-12(11-4-6-20-10-11)7-17-9-13(18)16(2)8-14(17)19/h11-12,15H,3-10H2,1-2H3. The Labute approximate surface area is 120 Å². The molecule has 2 atom stereocenters. The Kier molecular flexibility index (Phi) is 5.37. The summed E-state index contributed by atoms with van der Waals surface area (Å²) in [4.78, 5) is 27.0. The zero-order valence-electron chi connectivity index (χ0n) is 12.4. The Hall–Kier alpha value is -1.14. The van der Waals surface area contributed by atoms with Crippen molar-refractivity contribution in [2.24, 2.45) is 5.92 Å². The third-order valence-electron chi connectivity index (χ3n) is 4.08. The van der Waals surface area contributed by atoms with Crippen molar-refractivity contribution in [1.29, 1.82) is 0 Å². The minimum absolute atomic E-state index is 0.0153. The molecule has 0 radical (unpaired) electrons. The predicted octanol–water partition coefficient (Wildman–Crippen LogP) is -0.308. The highest BCUT2D eigenvalue weighted by molar-refractivity contribution is 5.92. The van der Waals surface area contributed by atoms with Crippen molar-refractivity contribution in [2.75, 3.05) is 46.4 Å². The first-order chi connectivity index (χ1) is 9.61. The average molecular weight is 283 g/mol. The van der Waals surface area contributed by atoms with Crippen molar-refractivity contribution >= 4 is 11.8 Å². The largest absolute Gasteiger partial charge is 0.381 e. The number of nitrogens with zero attached hydrogens (tertiary/aromatic N) is 2. The van der Waals surface area contributed by atoms with Crippen LogP contribution in [0.25, 0.3) is 0 Å². The number of nitrogens with one attached hydrogen (secondary N) is 1. The molecule has 0 aromatic heterocycles. The van der Waals surface area contributed by atoms with Gasteiger partial charge in [-0.05, 0) is 19.4 Å². The molecule has 114 valence electrons. The lowest BCUT2D eigenvalue weighted by atomic mass is 9.98. The fourth-order valence-electron chi connectivity index (χ4n) is 2.75. The number of carbonyl (C=O) groups is 2. The molecule has 0 spiro atoms. The van der Waals surface area contributed by atoms with Gasteiger partial charge in [0, 0.05) is 32.2 Å². The molecule has 6 nitrogen and oxygen atoms in total. The maximum atomic E-state index is 12.0. The molecule has 0 aromatic rings. The Bertz CT molecular complexity index is 356. The summed E-state index contributed by atoms with van der Waals surface area (Å²) in [7, 11) is 1.68. The van der Waals surface area contributed by atoms with Crippen molar-refractivity contribution in [3.63, 3.8) is 0 Å². The van der Waals surface area contributed by atoms with Gasteiger partial charge in [0.25, 0.3) is 0 Å². The normalized spacial score (nSPS) is 25.4. The molecule has 20 heavy (non-hydrogen) atoms. The third kappa shape index (κ3) is 3.70. The Morgan fingerprint density at radius 1 is 1.35 bits per heavy atom. The van der Waals surface area contributed by atoms with Crippen LogP contribution < -0.4 is 5.32 Å². The van der Waals surface area contributed by atoms with E-state index < -0.39 is 0 Å². The van der Waals surface area contributed by atoms with Crippen LogP contribution >= 0.6 is 0 Å². The van der Waals surface area contributed by atoms with E-state index in [4.69, 9.17) is 4.74 Å². The van der Waals surface area contributed by atoms with Gasteiger partial charge in [-0.15, -0.1) is 0 Å². The van der Waals surface area contributed by atoms with Crippen LogP contribution in [0.2, 0.25) is 0 Å². The van der Waals surface area contributed by atoms with E-state index in [-0.39, 0.29) is 30.9 Å². The van der Waals surface area contributed by atoms with Gasteiger partial charge in [0.15, 0.2) is 0 Å². The van der Waals surface area contributed by atoms with Crippen molar-refractivity contribution in [1.82, 2.24) is 15.1 Å². The van der Waals surface area contributed by atoms with Crippen LogP contribution in [0.3, 0.4) is 0 Å². The molecule has 1 N–H and O–H groups in total. The van der Waals surface area contributed by atoms with Gasteiger partial charge in [-0.2, -0.15) is 0 Å². The molecule has 2 heterocycles. The first-order valence-electron chi connectivity index (χ1n) is 7.44. The van der Waals surface area contributed by atoms with Gasteiger partial charge in [-0.1, -0.05) is 6.92 Å². The maximum absolute atomic E-state index is 12.0. The van der Waals surface area contributed by atoms with Gasteiger partial charge >= 0.3 is 0 Å². The quantitative estimate of drug-likeness (QED) is 0.726. The summed E-state index contributed by atoms with van der Waals surface area (Å²) in [5, 5.41) is 3.51. The minimum Gasteiger partial charge on any atom is -0.381 e. The van der Waals surface area contributed by atoms with E-state index in [0.717, 1.165) is 32.6 Å². The lowest BCUT2D eigenvalue weighted by molar-refractivity contribution is -0.149. The van der Waals surface area contributed by atoms with Gasteiger partial charge < -0.3 is 19.9 Å². The molecular weight excluding hydrogens is 258 g/mol. The first kappa shape index (κ1) is 15.3. The number of hydrogen-bond donors (Lipinski definition) is 1. The SMILES string of the molecule is CCCNC(CN1CC(=O)N(C)CC1=O)C1CCOC1. The summed E-state index contributed by atoms with van der Waals surface area (Å²) in [6, 6.07) is 0.220. The summed E-state index contributed by atoms with van der Waals surface area (Å²) < 4.78 is 5.45. The summed E-state index contributed by atoms with van der Waals surface area (Å²) in [6.45, 7) is 5.60. The van der Waals surface area contributed by atoms with Gasteiger partial charge in [-0.3, -0.25) is 9.59 Å². The van der Waals surface area contributed by atoms with Crippen molar-refractivity contribution < 1.29 is 14.3 Å². The van der Waals surface area contributed by atoms with Gasteiger partial charge in [0.2, 0.25) is 11.8 Å². The number of ether oxygens (including phenoxy) is 1. The zero-order valence-corrected chi connectivity index (χ0v) is 12.4. The Balaban J connectivity index is 1.95. The van der Waals surface area contributed by atoms with Crippen LogP contribution in [-0.2, 0) is 14.3 Å². The molecule has 2 saturated heterocycles. The first-order valence-corrected chi connectivity index (χ1v) is 7.44. The number of likely N-dealkylation sites (N-methyl/N-ethyl adjacent to an activating group) is 1. The van der Waals surface area contributed by atoms with E-state index in [1.165, 1.54) is 4.90 Å². The molecule has 2 amide bonds. The third-order valence-corrected chi connectivity index (χ3v) is 4.08. The predicted molar refractivity (Wildman–Crippen MR) is 75.2 cm³/mol. The lowest BCUT2D eigenvalue weighted by Crippen LogP contribution is -2.56. The maximum Gasteiger partial charge on any atom is 0.242 e. The van der Waals surface area contributed by atoms with E-state index in [1.807, 2.05) is 0 Å². The second kappa shape index (κ2) is 7.04. The molecule has 2 fully saturated rings. The molecule has 0 aliphatic carbocycles. The monoisotopic (exact) mass is 283 g/mol. The summed E-state index contributed by atoms with van der Waals surface area (Å²) >= 11 is 0. The van der Waals surface area contributed by atoms with Crippen LogP contribution in [0.1, 0.15) is 19.8 Å². The van der Waals surface area contributed by atoms with E-state index in [1.54, 1.807) is 11.9 Å². The summed E-state index contributed by atoms with van der Waals surface area (Å²) in [5.41, 5.74) is 0. The molecule has 6 heteroatoms. The van der Waals surface area contributed by atoms with E-state index in [2.05, 4.69) is 12.2 Å². The molecule has 2 aliphatic heterocycles. The second-order valence-electron chi connectivity index (χ2n) is 5.71. The van der Waals surface area contributed by atoms with Crippen LogP contribution in [0.4, 0.5) is 0 Å². The molecule has 0 aromatic carbocycles. The van der Waals surface area contributed by atoms with E-state index in [9.17, 15) is 9.59 Å². The van der Waals surface area contributed by atoms with Crippen molar-refractivity contribution in [3.8, 4) is 0 Å². The van der Waals surface area contributed by atoms with Crippen molar-refractivity contribution in [2.45, 2.75) is 25.8 Å². The molecule has 0 bridgehead atoms. The molecule has 2 unspecified atom stereocenters. The molecule has 2 aliphatic rings. The smallest absolute Gasteiger partial charge is 0.242 e. The topological polar surface area (TPSA) is 61.9 Å². The number of carbonyl (C=O) groups excluding carboxylic acids is 2. The number of amides is 2. The van der Waals surface area contributed by atoms with Gasteiger partial charge in [0.05, 0.1) is 19.7 Å². The van der Waals surface area contributed by atoms with Crippen LogP contribution in [-0.4, -0.2) is 74.1 Å². The van der Waals surface area contributed by atoms with Crippen LogP contribution in [0.5, 0.6) is 0 Å². The molecule has 0 saturated carbocycles. The molecule has 2 rings (SSSR count). The minimum atomic E-state index is 0.0153. The fraction of sp³-hybridized carbons (Fsp3) is 0.857. The fourth-order valence-corrected chi connectivity index (χ4v) is 2.75. The average Bonchev–Trinajstić information content (AvgIpc) is 2.94. The van der Waals surface area contributed by atoms with Crippen molar-refractivity contribution in [3.05, 3.63) is 0 Å². The number of hydrogen-bond acceptors (Lipinski definition) is 4. The van der Waals surface area contributed by atoms with Gasteiger partial charge in [-0.25, -0.2) is 0 Å².